The molecule has 0 radical (unpaired) electrons. The molecule has 182 valence electrons. The Morgan fingerprint density at radius 1 is 0.944 bits per heavy atom. The van der Waals surface area contributed by atoms with E-state index in [1.807, 2.05) is 12.1 Å². The van der Waals surface area contributed by atoms with Gasteiger partial charge in [0.2, 0.25) is 6.79 Å². The average Bonchev–Trinajstić information content (AvgIpc) is 3.56. The Bertz CT molecular complexity index is 1530. The van der Waals surface area contributed by atoms with E-state index in [0.717, 1.165) is 22.8 Å². The van der Waals surface area contributed by atoms with Gasteiger partial charge in [-0.15, -0.1) is 0 Å². The number of rotatable bonds is 4. The smallest absolute Gasteiger partial charge is 0.342 e. The predicted molar refractivity (Wildman–Crippen MR) is 136 cm³/mol. The van der Waals surface area contributed by atoms with Crippen LogP contribution in [0.4, 0.5) is 0 Å². The first-order valence-electron chi connectivity index (χ1n) is 11.6. The van der Waals surface area contributed by atoms with Crippen molar-refractivity contribution in [3.63, 3.8) is 0 Å². The van der Waals surface area contributed by atoms with Crippen molar-refractivity contribution >= 4 is 34.3 Å². The van der Waals surface area contributed by atoms with Gasteiger partial charge in [-0.1, -0.05) is 51.1 Å². The molecule has 4 aromatic rings. The van der Waals surface area contributed by atoms with Crippen LogP contribution in [0.15, 0.2) is 66.2 Å². The largest absolute Gasteiger partial charge is 0.454 e. The minimum absolute atomic E-state index is 0.0135. The summed E-state index contributed by atoms with van der Waals surface area (Å²) in [5, 5.41) is 12.0. The predicted octanol–water partition coefficient (Wildman–Crippen LogP) is 5.12. The number of aliphatic hydroxyl groups is 1. The van der Waals surface area contributed by atoms with E-state index < -0.39 is 11.8 Å². The van der Waals surface area contributed by atoms with Gasteiger partial charge in [-0.2, -0.15) is 8.75 Å². The summed E-state index contributed by atoms with van der Waals surface area (Å²) in [6.45, 7) is 6.61. The number of hydrogen-bond donors (Lipinski definition) is 1. The molecule has 2 aliphatic heterocycles. The van der Waals surface area contributed by atoms with Crippen LogP contribution >= 0.6 is 11.7 Å². The second-order valence-electron chi connectivity index (χ2n) is 10.0. The van der Waals surface area contributed by atoms with Gasteiger partial charge in [0.1, 0.15) is 11.0 Å². The lowest BCUT2D eigenvalue weighted by atomic mass is 9.84. The molecule has 1 aromatic heterocycles. The molecule has 36 heavy (non-hydrogen) atoms. The summed E-state index contributed by atoms with van der Waals surface area (Å²) in [4.78, 5) is 13.3. The number of fused-ring (bicyclic) bond motifs is 2. The fourth-order valence-corrected chi connectivity index (χ4v) is 5.16. The second-order valence-corrected chi connectivity index (χ2v) is 10.6. The van der Waals surface area contributed by atoms with Gasteiger partial charge in [-0.25, -0.2) is 4.79 Å². The molecule has 0 aliphatic carbocycles. The lowest BCUT2D eigenvalue weighted by Gasteiger charge is -2.26. The Kier molecular flexibility index (Phi) is 5.14. The highest BCUT2D eigenvalue weighted by atomic mass is 32.1. The summed E-state index contributed by atoms with van der Waals surface area (Å²) in [6.07, 6.45) is 0.309. The van der Waals surface area contributed by atoms with Crippen molar-refractivity contribution in [2.75, 3.05) is 6.79 Å². The number of benzene rings is 3. The van der Waals surface area contributed by atoms with Crippen LogP contribution in [-0.2, 0) is 27.2 Å². The maximum Gasteiger partial charge on any atom is 0.342 e. The zero-order valence-corrected chi connectivity index (χ0v) is 20.9. The van der Waals surface area contributed by atoms with Crippen molar-refractivity contribution < 1.29 is 24.1 Å². The van der Waals surface area contributed by atoms with Crippen LogP contribution < -0.4 is 9.47 Å². The quantitative estimate of drug-likeness (QED) is 0.389. The molecule has 3 aromatic carbocycles. The van der Waals surface area contributed by atoms with Crippen LogP contribution in [0.2, 0.25) is 0 Å². The van der Waals surface area contributed by atoms with E-state index in [-0.39, 0.29) is 12.2 Å². The van der Waals surface area contributed by atoms with Crippen LogP contribution in [0.5, 0.6) is 11.5 Å². The maximum absolute atomic E-state index is 13.3. The molecule has 0 saturated carbocycles. The van der Waals surface area contributed by atoms with E-state index in [0.29, 0.717) is 45.7 Å². The number of nitrogens with zero attached hydrogens (tertiary/aromatic N) is 2. The number of carbonyl (C=O) groups excluding carboxylic acids is 1. The molecule has 3 heterocycles. The normalized spacial score (nSPS) is 19.3. The van der Waals surface area contributed by atoms with Crippen LogP contribution in [0, 0.1) is 0 Å². The van der Waals surface area contributed by atoms with E-state index in [4.69, 9.17) is 14.2 Å². The van der Waals surface area contributed by atoms with Crippen molar-refractivity contribution in [3.8, 4) is 11.5 Å². The Morgan fingerprint density at radius 3 is 2.47 bits per heavy atom. The van der Waals surface area contributed by atoms with Crippen molar-refractivity contribution in [1.82, 2.24) is 8.75 Å². The highest BCUT2D eigenvalue weighted by Gasteiger charge is 2.48. The highest BCUT2D eigenvalue weighted by Crippen LogP contribution is 2.46. The minimum Gasteiger partial charge on any atom is -0.454 e. The van der Waals surface area contributed by atoms with Gasteiger partial charge in [0.15, 0.2) is 11.5 Å². The molecule has 1 N–H and O–H groups in total. The summed E-state index contributed by atoms with van der Waals surface area (Å²) in [7, 11) is 0. The van der Waals surface area contributed by atoms with Crippen LogP contribution in [0.3, 0.4) is 0 Å². The van der Waals surface area contributed by atoms with Crippen LogP contribution in [0.1, 0.15) is 43.0 Å². The van der Waals surface area contributed by atoms with E-state index in [2.05, 4.69) is 41.7 Å². The first-order valence-corrected chi connectivity index (χ1v) is 12.4. The number of esters is 1. The van der Waals surface area contributed by atoms with Crippen molar-refractivity contribution in [2.45, 2.75) is 38.4 Å². The summed E-state index contributed by atoms with van der Waals surface area (Å²) < 4.78 is 25.2. The molecule has 0 bridgehead atoms. The minimum atomic E-state index is -1.96. The molecule has 0 saturated heterocycles. The molecule has 0 spiro atoms. The second kappa shape index (κ2) is 8.15. The monoisotopic (exact) mass is 500 g/mol. The molecule has 1 unspecified atom stereocenters. The van der Waals surface area contributed by atoms with Crippen LogP contribution in [0.25, 0.3) is 16.6 Å². The first kappa shape index (κ1) is 22.7. The van der Waals surface area contributed by atoms with Crippen molar-refractivity contribution in [3.05, 3.63) is 88.5 Å². The Balaban J connectivity index is 1.50. The number of cyclic esters (lactones) is 1. The maximum atomic E-state index is 13.3. The van der Waals surface area contributed by atoms with Gasteiger partial charge in [0, 0.05) is 17.6 Å². The number of hydrogen-bond acceptors (Lipinski definition) is 8. The third kappa shape index (κ3) is 3.73. The van der Waals surface area contributed by atoms with E-state index >= 15 is 0 Å². The Labute approximate surface area is 212 Å². The molecular weight excluding hydrogens is 476 g/mol. The summed E-state index contributed by atoms with van der Waals surface area (Å²) in [5.41, 5.74) is 5.30. The van der Waals surface area contributed by atoms with E-state index in [1.54, 1.807) is 36.4 Å². The SMILES string of the molecule is CC(C)(C)c1ccc(CC2=C(c3ccc4c(c3)OCO4)C(=O)OC2(O)c2ccc3nsnc3c2)cc1. The van der Waals surface area contributed by atoms with Gasteiger partial charge < -0.3 is 19.3 Å². The first-order chi connectivity index (χ1) is 17.2. The molecule has 0 amide bonds. The molecule has 8 heteroatoms. The van der Waals surface area contributed by atoms with Gasteiger partial charge in [0.25, 0.3) is 5.79 Å². The fourth-order valence-electron chi connectivity index (χ4n) is 4.64. The Hall–Kier alpha value is -3.75. The van der Waals surface area contributed by atoms with Gasteiger partial charge >= 0.3 is 5.97 Å². The zero-order valence-electron chi connectivity index (χ0n) is 20.1. The number of aromatic nitrogens is 2. The molecule has 2 aliphatic rings. The zero-order chi connectivity index (χ0) is 25.1. The lowest BCUT2D eigenvalue weighted by Crippen LogP contribution is -2.29. The van der Waals surface area contributed by atoms with Gasteiger partial charge in [-0.05, 0) is 52.4 Å². The Morgan fingerprint density at radius 2 is 1.69 bits per heavy atom. The third-order valence-electron chi connectivity index (χ3n) is 6.66. The summed E-state index contributed by atoms with van der Waals surface area (Å²) in [5.74, 6) is -1.40. The molecule has 1 atom stereocenters. The third-order valence-corrected chi connectivity index (χ3v) is 7.22. The van der Waals surface area contributed by atoms with E-state index in [9.17, 15) is 9.90 Å². The average molecular weight is 501 g/mol. The molecule has 0 fully saturated rings. The topological polar surface area (TPSA) is 90.8 Å². The van der Waals surface area contributed by atoms with Gasteiger partial charge in [0.05, 0.1) is 17.3 Å². The number of ether oxygens (including phenoxy) is 3. The lowest BCUT2D eigenvalue weighted by molar-refractivity contribution is -0.185. The summed E-state index contributed by atoms with van der Waals surface area (Å²) >= 11 is 1.09. The van der Waals surface area contributed by atoms with Crippen LogP contribution in [-0.4, -0.2) is 26.6 Å². The summed E-state index contributed by atoms with van der Waals surface area (Å²) in [6, 6.07) is 18.7. The van der Waals surface area contributed by atoms with Crippen molar-refractivity contribution in [1.29, 1.82) is 0 Å². The van der Waals surface area contributed by atoms with E-state index in [1.165, 1.54) is 5.56 Å². The molecule has 7 nitrogen and oxygen atoms in total. The molecular formula is C28H24N2O5S. The highest BCUT2D eigenvalue weighted by molar-refractivity contribution is 7.00. The van der Waals surface area contributed by atoms with Crippen molar-refractivity contribution in [2.24, 2.45) is 0 Å². The fraction of sp³-hybridized carbons (Fsp3) is 0.250. The number of carbonyl (C=O) groups is 1. The standard InChI is InChI=1S/C28H24N2O5S/c1-27(2,3)18-7-4-16(5-8-18)12-20-25(17-6-11-23-24(13-17)34-15-33-23)26(31)35-28(20,32)19-9-10-21-22(14-19)30-36-29-21/h4-11,13-14,32H,12,15H2,1-3H3. The molecule has 6 rings (SSSR count). The van der Waals surface area contributed by atoms with Gasteiger partial charge in [-0.3, -0.25) is 0 Å².